The summed E-state index contributed by atoms with van der Waals surface area (Å²) in [6, 6.07) is 16.2. The van der Waals surface area contributed by atoms with Gasteiger partial charge in [0.1, 0.15) is 0 Å². The fraction of sp³-hybridized carbons (Fsp3) is 0.200. The molecule has 2 rings (SSSR count). The molecule has 0 N–H and O–H groups in total. The number of methoxy groups -OCH3 is 2. The van der Waals surface area contributed by atoms with Crippen LogP contribution in [0.2, 0.25) is 0 Å². The number of ether oxygens (including phenoxy) is 2. The molecule has 0 heterocycles. The molecular weight excluding hydrogens is 292 g/mol. The smallest absolute Gasteiger partial charge is 0.161 e. The third-order valence-corrected chi connectivity index (χ3v) is 3.85. The fourth-order valence-electron chi connectivity index (χ4n) is 1.82. The van der Waals surface area contributed by atoms with Crippen LogP contribution in [-0.4, -0.2) is 14.2 Å². The van der Waals surface area contributed by atoms with Crippen LogP contribution < -0.4 is 9.47 Å². The molecule has 2 nitrogen and oxygen atoms in total. The number of hydrogen-bond acceptors (Lipinski definition) is 2. The lowest BCUT2D eigenvalue weighted by molar-refractivity contribution is 0.354. The van der Waals surface area contributed by atoms with Crippen molar-refractivity contribution in [2.24, 2.45) is 0 Å². The molecule has 0 amide bonds. The number of rotatable bonds is 4. The minimum atomic E-state index is 0.151. The largest absolute Gasteiger partial charge is 0.493 e. The zero-order valence-corrected chi connectivity index (χ0v) is 12.0. The topological polar surface area (TPSA) is 18.5 Å². The Kier molecular flexibility index (Phi) is 4.26. The normalized spacial score (nSPS) is 11.9. The van der Waals surface area contributed by atoms with Crippen LogP contribution >= 0.6 is 15.9 Å². The molecule has 2 aromatic rings. The lowest BCUT2D eigenvalue weighted by Crippen LogP contribution is -1.96. The first-order chi connectivity index (χ1) is 8.76. The predicted octanol–water partition coefficient (Wildman–Crippen LogP) is 4.19. The molecule has 0 aliphatic carbocycles. The van der Waals surface area contributed by atoms with E-state index in [-0.39, 0.29) is 4.83 Å². The number of hydrogen-bond donors (Lipinski definition) is 0. The molecule has 1 unspecified atom stereocenters. The molecule has 0 aliphatic heterocycles. The van der Waals surface area contributed by atoms with Gasteiger partial charge >= 0.3 is 0 Å². The van der Waals surface area contributed by atoms with Crippen molar-refractivity contribution in [2.45, 2.75) is 4.83 Å². The second kappa shape index (κ2) is 5.91. The van der Waals surface area contributed by atoms with E-state index < -0.39 is 0 Å². The van der Waals surface area contributed by atoms with Crippen LogP contribution in [0.5, 0.6) is 11.5 Å². The van der Waals surface area contributed by atoms with E-state index in [2.05, 4.69) is 28.1 Å². The van der Waals surface area contributed by atoms with E-state index in [1.807, 2.05) is 36.4 Å². The van der Waals surface area contributed by atoms with E-state index in [0.717, 1.165) is 17.1 Å². The standard InChI is InChI=1S/C15H15BrO2/c1-17-13-9-8-12(10-14(13)18-2)15(16)11-6-4-3-5-7-11/h3-10,15H,1-2H3. The molecule has 3 heteroatoms. The summed E-state index contributed by atoms with van der Waals surface area (Å²) in [4.78, 5) is 0.151. The van der Waals surface area contributed by atoms with E-state index in [0.29, 0.717) is 0 Å². The van der Waals surface area contributed by atoms with E-state index in [1.54, 1.807) is 14.2 Å². The second-order valence-electron chi connectivity index (χ2n) is 3.89. The molecule has 0 bridgehead atoms. The summed E-state index contributed by atoms with van der Waals surface area (Å²) >= 11 is 3.71. The van der Waals surface area contributed by atoms with Crippen LogP contribution in [-0.2, 0) is 0 Å². The molecule has 0 saturated carbocycles. The van der Waals surface area contributed by atoms with Gasteiger partial charge in [-0.1, -0.05) is 52.3 Å². The Labute approximate surface area is 116 Å². The van der Waals surface area contributed by atoms with E-state index in [9.17, 15) is 0 Å². The van der Waals surface area contributed by atoms with Crippen LogP contribution in [0.25, 0.3) is 0 Å². The summed E-state index contributed by atoms with van der Waals surface area (Å²) in [7, 11) is 3.29. The minimum absolute atomic E-state index is 0.151. The Morgan fingerprint density at radius 1 is 0.833 bits per heavy atom. The van der Waals surface area contributed by atoms with Crippen LogP contribution in [0, 0.1) is 0 Å². The van der Waals surface area contributed by atoms with Crippen molar-refractivity contribution >= 4 is 15.9 Å². The number of halogens is 1. The van der Waals surface area contributed by atoms with Crippen molar-refractivity contribution in [3.05, 3.63) is 59.7 Å². The molecular formula is C15H15BrO2. The summed E-state index contributed by atoms with van der Waals surface area (Å²) in [5.74, 6) is 1.49. The first kappa shape index (κ1) is 13.0. The molecule has 0 fully saturated rings. The summed E-state index contributed by atoms with van der Waals surface area (Å²) in [6.45, 7) is 0. The zero-order chi connectivity index (χ0) is 13.0. The van der Waals surface area contributed by atoms with Gasteiger partial charge in [0.2, 0.25) is 0 Å². The van der Waals surface area contributed by atoms with Crippen molar-refractivity contribution in [1.29, 1.82) is 0 Å². The highest BCUT2D eigenvalue weighted by Gasteiger charge is 2.12. The fourth-order valence-corrected chi connectivity index (χ4v) is 2.41. The van der Waals surface area contributed by atoms with Crippen LogP contribution in [0.15, 0.2) is 48.5 Å². The third kappa shape index (κ3) is 2.67. The maximum atomic E-state index is 5.32. The average molecular weight is 307 g/mol. The molecule has 2 aromatic carbocycles. The van der Waals surface area contributed by atoms with E-state index in [1.165, 1.54) is 5.56 Å². The Bertz CT molecular complexity index is 511. The van der Waals surface area contributed by atoms with Crippen molar-refractivity contribution < 1.29 is 9.47 Å². The van der Waals surface area contributed by atoms with Gasteiger partial charge < -0.3 is 9.47 Å². The van der Waals surface area contributed by atoms with E-state index in [4.69, 9.17) is 9.47 Å². The van der Waals surface area contributed by atoms with E-state index >= 15 is 0 Å². The molecule has 94 valence electrons. The second-order valence-corrected chi connectivity index (χ2v) is 4.80. The van der Waals surface area contributed by atoms with Crippen LogP contribution in [0.1, 0.15) is 16.0 Å². The van der Waals surface area contributed by atoms with Gasteiger partial charge in [0.05, 0.1) is 19.0 Å². The Balaban J connectivity index is 2.34. The van der Waals surface area contributed by atoms with Crippen molar-refractivity contribution in [1.82, 2.24) is 0 Å². The average Bonchev–Trinajstić information content (AvgIpc) is 2.46. The summed E-state index contributed by atoms with van der Waals surface area (Å²) in [5.41, 5.74) is 2.35. The van der Waals surface area contributed by atoms with Gasteiger partial charge in [-0.2, -0.15) is 0 Å². The van der Waals surface area contributed by atoms with Gasteiger partial charge in [-0.05, 0) is 23.3 Å². The maximum Gasteiger partial charge on any atom is 0.161 e. The Morgan fingerprint density at radius 3 is 2.11 bits per heavy atom. The van der Waals surface area contributed by atoms with Gasteiger partial charge in [0, 0.05) is 0 Å². The molecule has 0 aromatic heterocycles. The molecule has 18 heavy (non-hydrogen) atoms. The minimum Gasteiger partial charge on any atom is -0.493 e. The third-order valence-electron chi connectivity index (χ3n) is 2.79. The molecule has 0 saturated heterocycles. The van der Waals surface area contributed by atoms with Gasteiger partial charge in [-0.25, -0.2) is 0 Å². The summed E-state index contributed by atoms with van der Waals surface area (Å²) < 4.78 is 10.6. The molecule has 1 atom stereocenters. The summed E-state index contributed by atoms with van der Waals surface area (Å²) in [6.07, 6.45) is 0. The SMILES string of the molecule is COc1ccc(C(Br)c2ccccc2)cc1OC. The van der Waals surface area contributed by atoms with Crippen LogP contribution in [0.3, 0.4) is 0 Å². The van der Waals surface area contributed by atoms with Crippen molar-refractivity contribution in [3.63, 3.8) is 0 Å². The highest BCUT2D eigenvalue weighted by Crippen LogP contribution is 2.36. The van der Waals surface area contributed by atoms with Gasteiger partial charge in [0.15, 0.2) is 11.5 Å². The maximum absolute atomic E-state index is 5.32. The lowest BCUT2D eigenvalue weighted by atomic mass is 10.0. The first-order valence-corrected chi connectivity index (χ1v) is 6.58. The number of benzene rings is 2. The zero-order valence-electron chi connectivity index (χ0n) is 10.4. The van der Waals surface area contributed by atoms with Gasteiger partial charge in [0.25, 0.3) is 0 Å². The molecule has 0 spiro atoms. The Morgan fingerprint density at radius 2 is 1.50 bits per heavy atom. The molecule has 0 radical (unpaired) electrons. The van der Waals surface area contributed by atoms with Gasteiger partial charge in [-0.15, -0.1) is 0 Å². The summed E-state index contributed by atoms with van der Waals surface area (Å²) in [5, 5.41) is 0. The molecule has 0 aliphatic rings. The highest BCUT2D eigenvalue weighted by atomic mass is 79.9. The number of alkyl halides is 1. The van der Waals surface area contributed by atoms with Crippen molar-refractivity contribution in [3.8, 4) is 11.5 Å². The van der Waals surface area contributed by atoms with Gasteiger partial charge in [-0.3, -0.25) is 0 Å². The van der Waals surface area contributed by atoms with Crippen molar-refractivity contribution in [2.75, 3.05) is 14.2 Å². The quantitative estimate of drug-likeness (QED) is 0.789. The first-order valence-electron chi connectivity index (χ1n) is 5.67. The predicted molar refractivity (Wildman–Crippen MR) is 76.8 cm³/mol. The lowest BCUT2D eigenvalue weighted by Gasteiger charge is -2.14. The highest BCUT2D eigenvalue weighted by molar-refractivity contribution is 9.09. The monoisotopic (exact) mass is 306 g/mol. The Hall–Kier alpha value is -1.48. The van der Waals surface area contributed by atoms with Crippen LogP contribution in [0.4, 0.5) is 0 Å².